The zero-order chi connectivity index (χ0) is 40.9. The van der Waals surface area contributed by atoms with Crippen LogP contribution in [0.1, 0.15) is 0 Å². The van der Waals surface area contributed by atoms with E-state index in [1.54, 1.807) is 0 Å². The number of fused-ring (bicyclic) bond motifs is 16. The van der Waals surface area contributed by atoms with Crippen LogP contribution >= 0.6 is 0 Å². The van der Waals surface area contributed by atoms with Crippen LogP contribution in [0.25, 0.3) is 143 Å². The molecule has 0 atom stereocenters. The number of hydrogen-bond acceptors (Lipinski definition) is 3. The molecule has 0 saturated carbocycles. The van der Waals surface area contributed by atoms with Crippen molar-refractivity contribution in [3.63, 3.8) is 0 Å². The molecular formula is C58H32N4O. The summed E-state index contributed by atoms with van der Waals surface area (Å²) in [5, 5.41) is 15.6. The number of furan rings is 1. The van der Waals surface area contributed by atoms with E-state index >= 15 is 0 Å². The van der Waals surface area contributed by atoms with Crippen LogP contribution in [-0.4, -0.2) is 18.9 Å². The van der Waals surface area contributed by atoms with E-state index in [-0.39, 0.29) is 0 Å². The van der Waals surface area contributed by atoms with Crippen LogP contribution < -0.4 is 0 Å². The zero-order valence-corrected chi connectivity index (χ0v) is 33.7. The first-order chi connectivity index (χ1) is 31.2. The summed E-state index contributed by atoms with van der Waals surface area (Å²) in [6.45, 7) is 0. The first kappa shape index (κ1) is 33.2. The van der Waals surface area contributed by atoms with Crippen molar-refractivity contribution in [1.29, 1.82) is 0 Å². The van der Waals surface area contributed by atoms with Gasteiger partial charge in [0.05, 0.1) is 33.3 Å². The van der Waals surface area contributed by atoms with Gasteiger partial charge < -0.3 is 13.4 Å². The number of rotatable bonds is 3. The molecule has 0 fully saturated rings. The smallest absolute Gasteiger partial charge is 0.180 e. The highest BCUT2D eigenvalue weighted by Gasteiger charge is 2.25. The molecule has 63 heavy (non-hydrogen) atoms. The zero-order valence-electron chi connectivity index (χ0n) is 33.7. The summed E-state index contributed by atoms with van der Waals surface area (Å²) in [7, 11) is 0. The van der Waals surface area contributed by atoms with Crippen molar-refractivity contribution in [2.75, 3.05) is 0 Å². The minimum absolute atomic E-state index is 0.660. The van der Waals surface area contributed by atoms with E-state index in [0.29, 0.717) is 11.4 Å². The minimum atomic E-state index is 0.660. The van der Waals surface area contributed by atoms with Crippen LogP contribution in [0, 0.1) is 0 Å². The highest BCUT2D eigenvalue weighted by molar-refractivity contribution is 6.33. The van der Waals surface area contributed by atoms with Gasteiger partial charge in [-0.25, -0.2) is 9.97 Å². The molecule has 0 aliphatic carbocycles. The second-order valence-electron chi connectivity index (χ2n) is 16.9. The molecule has 290 valence electrons. The molecule has 0 radical (unpaired) electrons. The quantitative estimate of drug-likeness (QED) is 0.179. The molecule has 0 N–H and O–H groups in total. The first-order valence-electron chi connectivity index (χ1n) is 21.5. The third-order valence-electron chi connectivity index (χ3n) is 13.6. The van der Waals surface area contributed by atoms with Crippen molar-refractivity contribution < 1.29 is 4.42 Å². The molecule has 0 unspecified atom stereocenters. The van der Waals surface area contributed by atoms with Gasteiger partial charge in [0.1, 0.15) is 16.8 Å². The fraction of sp³-hybridized carbons (Fsp3) is 0. The van der Waals surface area contributed by atoms with Crippen molar-refractivity contribution in [3.8, 4) is 28.3 Å². The molecular weight excluding hydrogens is 769 g/mol. The van der Waals surface area contributed by atoms with Gasteiger partial charge in [0.15, 0.2) is 11.4 Å². The Kier molecular flexibility index (Phi) is 6.36. The molecule has 5 aromatic heterocycles. The molecule has 5 heteroatoms. The van der Waals surface area contributed by atoms with E-state index in [1.165, 1.54) is 76.1 Å². The highest BCUT2D eigenvalue weighted by atomic mass is 16.3. The summed E-state index contributed by atoms with van der Waals surface area (Å²) >= 11 is 0. The van der Waals surface area contributed by atoms with E-state index in [1.807, 2.05) is 18.2 Å². The van der Waals surface area contributed by atoms with Crippen LogP contribution in [0.15, 0.2) is 199 Å². The molecule has 0 aliphatic heterocycles. The maximum atomic E-state index is 6.57. The van der Waals surface area contributed by atoms with E-state index in [9.17, 15) is 0 Å². The van der Waals surface area contributed by atoms with Gasteiger partial charge in [0, 0.05) is 54.2 Å². The summed E-state index contributed by atoms with van der Waals surface area (Å²) in [6, 6.07) is 70.1. The lowest BCUT2D eigenvalue weighted by atomic mass is 10.0. The average Bonchev–Trinajstić information content (AvgIpc) is 4.08. The molecule has 0 saturated heterocycles. The lowest BCUT2D eigenvalue weighted by molar-refractivity contribution is 0.667. The van der Waals surface area contributed by atoms with Gasteiger partial charge in [0.2, 0.25) is 0 Å². The van der Waals surface area contributed by atoms with E-state index in [2.05, 4.69) is 185 Å². The fourth-order valence-corrected chi connectivity index (χ4v) is 10.9. The Bertz CT molecular complexity index is 4450. The Balaban J connectivity index is 1.03. The standard InChI is InChI=1S/C58H32N4O/c1-2-13-34-30-37(25-24-33(34)12-1)54-57-55(43-19-8-10-23-51(43)63-57)60-58(59-54)42-26-27-47(39-17-6-5-16-38(39)42)61-48-28-29-49-52(53(48)45-31-35-14-3-4-15-36(35)32-50(45)61)44-21-11-20-41-40-18-7-9-22-46(40)62(49)56(41)44/h1-32H. The average molecular weight is 801 g/mol. The Labute approximate surface area is 358 Å². The van der Waals surface area contributed by atoms with Gasteiger partial charge in [-0.3, -0.25) is 0 Å². The molecule has 5 nitrogen and oxygen atoms in total. The van der Waals surface area contributed by atoms with Crippen molar-refractivity contribution >= 4 is 114 Å². The third-order valence-corrected chi connectivity index (χ3v) is 13.6. The summed E-state index contributed by atoms with van der Waals surface area (Å²) in [5.74, 6) is 0.660. The Morgan fingerprint density at radius 2 is 1.06 bits per heavy atom. The van der Waals surface area contributed by atoms with E-state index < -0.39 is 0 Å². The summed E-state index contributed by atoms with van der Waals surface area (Å²) in [4.78, 5) is 10.7. The van der Waals surface area contributed by atoms with Gasteiger partial charge in [-0.2, -0.15) is 0 Å². The van der Waals surface area contributed by atoms with Gasteiger partial charge in [0.25, 0.3) is 0 Å². The molecule has 0 spiro atoms. The number of benzene rings is 10. The molecule has 15 rings (SSSR count). The SMILES string of the molecule is c1ccc2cc(-c3nc(-c4ccc(-n5c6cc7ccccc7cc6c6c7c8cccc9c%10ccccc%10n(c7ccc65)c98)c5ccccc45)nc4c3oc3ccccc34)ccc2c1. The van der Waals surface area contributed by atoms with Crippen molar-refractivity contribution in [2.45, 2.75) is 0 Å². The van der Waals surface area contributed by atoms with Crippen molar-refractivity contribution in [2.24, 2.45) is 0 Å². The first-order valence-corrected chi connectivity index (χ1v) is 21.5. The van der Waals surface area contributed by atoms with Crippen LogP contribution in [0.5, 0.6) is 0 Å². The largest absolute Gasteiger partial charge is 0.452 e. The van der Waals surface area contributed by atoms with Crippen LogP contribution in [-0.2, 0) is 0 Å². The Hall–Kier alpha value is -8.54. The van der Waals surface area contributed by atoms with E-state index in [0.717, 1.165) is 55.2 Å². The van der Waals surface area contributed by atoms with Crippen molar-refractivity contribution in [1.82, 2.24) is 18.9 Å². The molecule has 10 aromatic carbocycles. The van der Waals surface area contributed by atoms with Crippen LogP contribution in [0.3, 0.4) is 0 Å². The lowest BCUT2D eigenvalue weighted by Crippen LogP contribution is -1.99. The third kappa shape index (κ3) is 4.40. The van der Waals surface area contributed by atoms with Crippen LogP contribution in [0.4, 0.5) is 0 Å². The Morgan fingerprint density at radius 1 is 0.397 bits per heavy atom. The topological polar surface area (TPSA) is 48.3 Å². The monoisotopic (exact) mass is 800 g/mol. The fourth-order valence-electron chi connectivity index (χ4n) is 10.9. The van der Waals surface area contributed by atoms with Gasteiger partial charge in [-0.1, -0.05) is 133 Å². The summed E-state index contributed by atoms with van der Waals surface area (Å²) < 4.78 is 11.5. The van der Waals surface area contributed by atoms with Gasteiger partial charge >= 0.3 is 0 Å². The normalized spacial score (nSPS) is 12.4. The lowest BCUT2D eigenvalue weighted by Gasteiger charge is -2.15. The second kappa shape index (κ2) is 12.1. The Morgan fingerprint density at radius 3 is 1.94 bits per heavy atom. The molecule has 5 heterocycles. The number of aromatic nitrogens is 4. The number of para-hydroxylation sites is 3. The molecule has 0 aliphatic rings. The predicted octanol–water partition coefficient (Wildman–Crippen LogP) is 15.4. The van der Waals surface area contributed by atoms with Gasteiger partial charge in [-0.05, 0) is 87.6 Å². The number of nitrogens with zero attached hydrogens (tertiary/aromatic N) is 4. The number of hydrogen-bond donors (Lipinski definition) is 0. The highest BCUT2D eigenvalue weighted by Crippen LogP contribution is 2.47. The maximum absolute atomic E-state index is 6.57. The molecule has 15 aromatic rings. The van der Waals surface area contributed by atoms with Gasteiger partial charge in [-0.15, -0.1) is 0 Å². The van der Waals surface area contributed by atoms with Crippen molar-refractivity contribution in [3.05, 3.63) is 194 Å². The predicted molar refractivity (Wildman–Crippen MR) is 262 cm³/mol. The summed E-state index contributed by atoms with van der Waals surface area (Å²) in [5.41, 5.74) is 12.2. The molecule has 0 amide bonds. The van der Waals surface area contributed by atoms with E-state index in [4.69, 9.17) is 14.4 Å². The molecule has 0 bridgehead atoms. The maximum Gasteiger partial charge on any atom is 0.180 e. The second-order valence-corrected chi connectivity index (χ2v) is 16.9. The van der Waals surface area contributed by atoms with Crippen LogP contribution in [0.2, 0.25) is 0 Å². The minimum Gasteiger partial charge on any atom is -0.452 e. The summed E-state index contributed by atoms with van der Waals surface area (Å²) in [6.07, 6.45) is 0.